The molecule has 1 aliphatic rings. The van der Waals surface area contributed by atoms with Gasteiger partial charge in [0.05, 0.1) is 12.3 Å². The highest BCUT2D eigenvalue weighted by Gasteiger charge is 2.16. The number of nitrogens with zero attached hydrogens (tertiary/aromatic N) is 4. The number of thioether (sulfide) groups is 1. The van der Waals surface area contributed by atoms with E-state index in [0.29, 0.717) is 17.7 Å². The molecule has 1 saturated heterocycles. The van der Waals surface area contributed by atoms with E-state index in [1.54, 1.807) is 0 Å². The first-order valence-corrected chi connectivity index (χ1v) is 11.4. The van der Waals surface area contributed by atoms with Crippen molar-refractivity contribution in [3.05, 3.63) is 54.1 Å². The number of hydrogen-bond donors (Lipinski definition) is 1. The van der Waals surface area contributed by atoms with Crippen LogP contribution in [0, 0.1) is 19.3 Å². The summed E-state index contributed by atoms with van der Waals surface area (Å²) in [5, 5.41) is 11.4. The summed E-state index contributed by atoms with van der Waals surface area (Å²) in [6.45, 7) is 6.53. The maximum atomic E-state index is 12.3. The molecule has 1 N–H and O–H groups in total. The van der Waals surface area contributed by atoms with E-state index in [-0.39, 0.29) is 11.7 Å². The molecule has 7 nitrogen and oxygen atoms in total. The van der Waals surface area contributed by atoms with Crippen molar-refractivity contribution < 1.29 is 9.21 Å². The van der Waals surface area contributed by atoms with E-state index in [0.717, 1.165) is 48.7 Å². The van der Waals surface area contributed by atoms with Crippen LogP contribution in [0.5, 0.6) is 0 Å². The lowest BCUT2D eigenvalue weighted by Crippen LogP contribution is -2.46. The van der Waals surface area contributed by atoms with E-state index in [9.17, 15) is 4.79 Å². The second-order valence-electron chi connectivity index (χ2n) is 7.59. The summed E-state index contributed by atoms with van der Waals surface area (Å²) < 4.78 is 5.66. The number of carbonyl (C=O) groups excluding carboxylic acids is 1. The van der Waals surface area contributed by atoms with Gasteiger partial charge < -0.3 is 14.6 Å². The normalized spacial score (nSPS) is 14.2. The maximum Gasteiger partial charge on any atom is 0.277 e. The quantitative estimate of drug-likeness (QED) is 0.439. The highest BCUT2D eigenvalue weighted by molar-refractivity contribution is 7.99. The Morgan fingerprint density at radius 1 is 1.09 bits per heavy atom. The number of terminal acetylenes is 1. The van der Waals surface area contributed by atoms with Gasteiger partial charge in [0.25, 0.3) is 5.22 Å². The van der Waals surface area contributed by atoms with Crippen LogP contribution < -0.4 is 10.2 Å². The molecular formula is C24H25N5O2S. The molecule has 0 spiro atoms. The van der Waals surface area contributed by atoms with Crippen LogP contribution in [0.1, 0.15) is 5.56 Å². The molecule has 1 amide bonds. The van der Waals surface area contributed by atoms with Gasteiger partial charge in [-0.15, -0.1) is 16.6 Å². The largest absolute Gasteiger partial charge is 0.411 e. The fourth-order valence-corrected chi connectivity index (χ4v) is 4.02. The zero-order chi connectivity index (χ0) is 22.3. The van der Waals surface area contributed by atoms with Crippen molar-refractivity contribution in [2.75, 3.05) is 48.7 Å². The average Bonchev–Trinajstić information content (AvgIpc) is 3.29. The average molecular weight is 448 g/mol. The van der Waals surface area contributed by atoms with Crippen molar-refractivity contribution in [1.29, 1.82) is 0 Å². The smallest absolute Gasteiger partial charge is 0.277 e. The third-order valence-electron chi connectivity index (χ3n) is 5.24. The molecular weight excluding hydrogens is 422 g/mol. The first kappa shape index (κ1) is 21.9. The number of piperazine rings is 1. The van der Waals surface area contributed by atoms with E-state index < -0.39 is 0 Å². The van der Waals surface area contributed by atoms with Crippen LogP contribution >= 0.6 is 11.8 Å². The summed E-state index contributed by atoms with van der Waals surface area (Å²) in [7, 11) is 0. The van der Waals surface area contributed by atoms with Crippen molar-refractivity contribution in [3.8, 4) is 23.8 Å². The number of anilines is 2. The molecule has 1 fully saturated rings. The fraction of sp³-hybridized carbons (Fsp3) is 0.292. The van der Waals surface area contributed by atoms with Crippen LogP contribution in [-0.4, -0.2) is 59.5 Å². The van der Waals surface area contributed by atoms with E-state index >= 15 is 0 Å². The summed E-state index contributed by atoms with van der Waals surface area (Å²) in [4.78, 5) is 16.9. The number of benzene rings is 2. The highest BCUT2D eigenvalue weighted by Crippen LogP contribution is 2.24. The Balaban J connectivity index is 1.25. The molecule has 8 heteroatoms. The predicted octanol–water partition coefficient (Wildman–Crippen LogP) is 3.53. The van der Waals surface area contributed by atoms with Crippen LogP contribution in [0.15, 0.2) is 58.2 Å². The summed E-state index contributed by atoms with van der Waals surface area (Å²) >= 11 is 1.22. The van der Waals surface area contributed by atoms with Gasteiger partial charge in [0.2, 0.25) is 11.8 Å². The Morgan fingerprint density at radius 2 is 1.81 bits per heavy atom. The molecule has 4 rings (SSSR count). The number of carbonyl (C=O) groups is 1. The minimum absolute atomic E-state index is 0.124. The topological polar surface area (TPSA) is 74.5 Å². The van der Waals surface area contributed by atoms with Gasteiger partial charge in [-0.1, -0.05) is 35.4 Å². The molecule has 0 atom stereocenters. The summed E-state index contributed by atoms with van der Waals surface area (Å²) in [6.07, 6.45) is 5.39. The van der Waals surface area contributed by atoms with Gasteiger partial charge in [-0.3, -0.25) is 9.69 Å². The van der Waals surface area contributed by atoms with Gasteiger partial charge in [-0.25, -0.2) is 0 Å². The SMILES string of the molecule is C#CCN1CCN(c2ccc(NC(=O)CSc3nnc(-c4ccc(C)cc4)o3)cc2)CC1. The molecule has 1 aliphatic heterocycles. The van der Waals surface area contributed by atoms with Crippen molar-refractivity contribution in [2.45, 2.75) is 12.1 Å². The third-order valence-corrected chi connectivity index (χ3v) is 6.05. The van der Waals surface area contributed by atoms with Crippen molar-refractivity contribution >= 4 is 29.0 Å². The van der Waals surface area contributed by atoms with E-state index in [1.165, 1.54) is 11.8 Å². The summed E-state index contributed by atoms with van der Waals surface area (Å²) in [5.74, 6) is 3.21. The molecule has 32 heavy (non-hydrogen) atoms. The molecule has 2 aromatic carbocycles. The first-order valence-electron chi connectivity index (χ1n) is 10.4. The number of aryl methyl sites for hydroxylation is 1. The molecule has 3 aromatic rings. The zero-order valence-corrected chi connectivity index (χ0v) is 18.8. The molecule has 0 unspecified atom stereocenters. The molecule has 164 valence electrons. The maximum absolute atomic E-state index is 12.3. The van der Waals surface area contributed by atoms with Crippen LogP contribution in [0.25, 0.3) is 11.5 Å². The molecule has 0 aliphatic carbocycles. The summed E-state index contributed by atoms with van der Waals surface area (Å²) in [5.41, 5.74) is 3.93. The molecule has 0 radical (unpaired) electrons. The minimum atomic E-state index is -0.124. The van der Waals surface area contributed by atoms with Gasteiger partial charge in [0.1, 0.15) is 0 Å². The van der Waals surface area contributed by atoms with Crippen LogP contribution in [-0.2, 0) is 4.79 Å². The number of nitrogens with one attached hydrogen (secondary N) is 1. The Hall–Kier alpha value is -3.28. The summed E-state index contributed by atoms with van der Waals surface area (Å²) in [6, 6.07) is 15.8. The van der Waals surface area contributed by atoms with Gasteiger partial charge in [-0.05, 0) is 43.3 Å². The van der Waals surface area contributed by atoms with E-state index in [4.69, 9.17) is 10.8 Å². The predicted molar refractivity (Wildman–Crippen MR) is 128 cm³/mol. The number of amides is 1. The van der Waals surface area contributed by atoms with Crippen LogP contribution in [0.2, 0.25) is 0 Å². The minimum Gasteiger partial charge on any atom is -0.411 e. The van der Waals surface area contributed by atoms with Gasteiger partial charge >= 0.3 is 0 Å². The lowest BCUT2D eigenvalue weighted by molar-refractivity contribution is -0.113. The van der Waals surface area contributed by atoms with Gasteiger partial charge in [-0.2, -0.15) is 0 Å². The van der Waals surface area contributed by atoms with Crippen LogP contribution in [0.4, 0.5) is 11.4 Å². The number of hydrogen-bond acceptors (Lipinski definition) is 7. The number of rotatable bonds is 7. The molecule has 2 heterocycles. The Labute approximate surface area is 192 Å². The molecule has 0 bridgehead atoms. The molecule has 0 saturated carbocycles. The van der Waals surface area contributed by atoms with Crippen molar-refractivity contribution in [1.82, 2.24) is 15.1 Å². The third kappa shape index (κ3) is 5.69. The van der Waals surface area contributed by atoms with Gasteiger partial charge in [0.15, 0.2) is 0 Å². The first-order chi connectivity index (χ1) is 15.6. The van der Waals surface area contributed by atoms with E-state index in [1.807, 2.05) is 55.5 Å². The Bertz CT molecular complexity index is 1080. The Kier molecular flexibility index (Phi) is 7.10. The van der Waals surface area contributed by atoms with Crippen LogP contribution in [0.3, 0.4) is 0 Å². The monoisotopic (exact) mass is 447 g/mol. The van der Waals surface area contributed by atoms with Crippen molar-refractivity contribution in [2.24, 2.45) is 0 Å². The van der Waals surface area contributed by atoms with Crippen molar-refractivity contribution in [3.63, 3.8) is 0 Å². The Morgan fingerprint density at radius 3 is 2.50 bits per heavy atom. The lowest BCUT2D eigenvalue weighted by Gasteiger charge is -2.35. The lowest BCUT2D eigenvalue weighted by atomic mass is 10.1. The molecule has 1 aromatic heterocycles. The van der Waals surface area contributed by atoms with E-state index in [2.05, 4.69) is 31.2 Å². The second kappa shape index (κ2) is 10.4. The number of aromatic nitrogens is 2. The second-order valence-corrected chi connectivity index (χ2v) is 8.52. The standard InChI is InChI=1S/C24H25N5O2S/c1-3-12-28-13-15-29(16-14-28)21-10-8-20(9-11-21)25-22(30)17-32-24-27-26-23(31-24)19-6-4-18(2)5-7-19/h1,4-11H,12-17H2,2H3,(H,25,30). The fourth-order valence-electron chi connectivity index (χ4n) is 3.45. The van der Waals surface area contributed by atoms with Gasteiger partial charge in [0, 0.05) is 43.1 Å². The highest BCUT2D eigenvalue weighted by atomic mass is 32.2. The zero-order valence-electron chi connectivity index (χ0n) is 18.0.